The van der Waals surface area contributed by atoms with Crippen molar-refractivity contribution in [2.24, 2.45) is 0 Å². The molecule has 0 atom stereocenters. The zero-order valence-corrected chi connectivity index (χ0v) is 18.1. The first-order valence-electron chi connectivity index (χ1n) is 11.5. The van der Waals surface area contributed by atoms with Crippen molar-refractivity contribution in [2.75, 3.05) is 5.75 Å². The molecule has 0 unspecified atom stereocenters. The van der Waals surface area contributed by atoms with Crippen molar-refractivity contribution in [1.29, 1.82) is 0 Å². The third-order valence-electron chi connectivity index (χ3n) is 5.44. The van der Waals surface area contributed by atoms with E-state index in [-0.39, 0.29) is 10.9 Å². The van der Waals surface area contributed by atoms with Gasteiger partial charge in [-0.15, -0.1) is 0 Å². The Labute approximate surface area is 162 Å². The largest absolute Gasteiger partial charge is 0.213 e. The molecule has 0 saturated carbocycles. The summed E-state index contributed by atoms with van der Waals surface area (Å²) in [5, 5.41) is 4.81. The summed E-state index contributed by atoms with van der Waals surface area (Å²) in [6.45, 7) is 2.30. The van der Waals surface area contributed by atoms with Gasteiger partial charge in [0.05, 0.1) is 0 Å². The Morgan fingerprint density at radius 1 is 0.440 bits per heavy atom. The summed E-state index contributed by atoms with van der Waals surface area (Å²) < 4.78 is 0. The van der Waals surface area contributed by atoms with Crippen LogP contribution in [0, 0.1) is 0 Å². The van der Waals surface area contributed by atoms with Gasteiger partial charge in [0.15, 0.2) is 0 Å². The minimum Gasteiger partial charge on any atom is -0.213 e. The molecule has 25 heavy (non-hydrogen) atoms. The highest BCUT2D eigenvalue weighted by atomic mass is 32.2. The standard InChI is InChI=1S/C24H46S/c1-2-3-4-5-6-7-8-9-10-11-12-13-14-15-16-17-18-19-22-25-23-20-21-24-25/h20-21,23-25H,2-19,22H2,1H3. The highest BCUT2D eigenvalue weighted by Gasteiger charge is 1.99. The van der Waals surface area contributed by atoms with Gasteiger partial charge in [-0.2, -0.15) is 0 Å². The molecule has 1 rings (SSSR count). The maximum atomic E-state index is 2.41. The van der Waals surface area contributed by atoms with Crippen molar-refractivity contribution in [3.05, 3.63) is 23.0 Å². The van der Waals surface area contributed by atoms with Crippen LogP contribution in [0.1, 0.15) is 122 Å². The van der Waals surface area contributed by atoms with E-state index in [1.54, 1.807) is 0 Å². The first kappa shape index (κ1) is 22.9. The van der Waals surface area contributed by atoms with Gasteiger partial charge in [0.25, 0.3) is 0 Å². The predicted octanol–water partition coefficient (Wildman–Crippen LogP) is 9.07. The van der Waals surface area contributed by atoms with Crippen LogP contribution >= 0.6 is 10.9 Å². The summed E-state index contributed by atoms with van der Waals surface area (Å²) in [7, 11) is 0.149. The molecule has 0 spiro atoms. The van der Waals surface area contributed by atoms with Crippen molar-refractivity contribution >= 4 is 10.9 Å². The summed E-state index contributed by atoms with van der Waals surface area (Å²) in [6, 6.07) is 0. The first-order valence-corrected chi connectivity index (χ1v) is 13.2. The molecule has 0 fully saturated rings. The zero-order chi connectivity index (χ0) is 17.8. The quantitative estimate of drug-likeness (QED) is 0.171. The molecule has 0 amide bonds. The van der Waals surface area contributed by atoms with Gasteiger partial charge < -0.3 is 0 Å². The second-order valence-corrected chi connectivity index (χ2v) is 10.0. The minimum absolute atomic E-state index is 0.149. The molecule has 0 aliphatic carbocycles. The summed E-state index contributed by atoms with van der Waals surface area (Å²) >= 11 is 0. The molecule has 1 aliphatic heterocycles. The highest BCUT2D eigenvalue weighted by Crippen LogP contribution is 2.33. The maximum Gasteiger partial charge on any atom is -0.0185 e. The Kier molecular flexibility index (Phi) is 17.0. The lowest BCUT2D eigenvalue weighted by Crippen LogP contribution is -1.86. The molecule has 0 aromatic rings. The van der Waals surface area contributed by atoms with E-state index >= 15 is 0 Å². The number of rotatable bonds is 19. The van der Waals surface area contributed by atoms with E-state index < -0.39 is 0 Å². The van der Waals surface area contributed by atoms with Crippen LogP contribution in [0.2, 0.25) is 0 Å². The zero-order valence-electron chi connectivity index (χ0n) is 17.2. The van der Waals surface area contributed by atoms with Gasteiger partial charge in [0.2, 0.25) is 0 Å². The monoisotopic (exact) mass is 366 g/mol. The van der Waals surface area contributed by atoms with Crippen LogP contribution in [-0.4, -0.2) is 5.75 Å². The van der Waals surface area contributed by atoms with E-state index in [1.807, 2.05) is 0 Å². The van der Waals surface area contributed by atoms with Crippen LogP contribution in [0.25, 0.3) is 0 Å². The van der Waals surface area contributed by atoms with E-state index in [2.05, 4.69) is 29.9 Å². The van der Waals surface area contributed by atoms with Crippen LogP contribution in [-0.2, 0) is 0 Å². The van der Waals surface area contributed by atoms with Crippen LogP contribution in [0.3, 0.4) is 0 Å². The fourth-order valence-electron chi connectivity index (χ4n) is 3.72. The lowest BCUT2D eigenvalue weighted by atomic mass is 10.0. The second kappa shape index (κ2) is 18.6. The predicted molar refractivity (Wildman–Crippen MR) is 121 cm³/mol. The van der Waals surface area contributed by atoms with Crippen molar-refractivity contribution in [2.45, 2.75) is 122 Å². The van der Waals surface area contributed by atoms with Crippen molar-refractivity contribution in [1.82, 2.24) is 0 Å². The fourth-order valence-corrected chi connectivity index (χ4v) is 5.34. The van der Waals surface area contributed by atoms with Gasteiger partial charge in [-0.25, -0.2) is 10.9 Å². The lowest BCUT2D eigenvalue weighted by Gasteiger charge is -2.09. The Bertz CT molecular complexity index is 306. The Morgan fingerprint density at radius 3 is 1.12 bits per heavy atom. The third-order valence-corrected chi connectivity index (χ3v) is 7.38. The molecule has 1 heteroatoms. The first-order chi connectivity index (χ1) is 12.4. The van der Waals surface area contributed by atoms with Crippen LogP contribution in [0.5, 0.6) is 0 Å². The summed E-state index contributed by atoms with van der Waals surface area (Å²) in [4.78, 5) is 0. The van der Waals surface area contributed by atoms with Crippen molar-refractivity contribution in [3.8, 4) is 0 Å². The number of hydrogen-bond acceptors (Lipinski definition) is 0. The van der Waals surface area contributed by atoms with Gasteiger partial charge in [-0.3, -0.25) is 0 Å². The number of allylic oxidation sites excluding steroid dienone is 2. The van der Waals surface area contributed by atoms with Gasteiger partial charge in [-0.1, -0.05) is 128 Å². The SMILES string of the molecule is CCCCCCCCCCCCCCCCCCCC[SH]1C=CC=C1. The van der Waals surface area contributed by atoms with Crippen molar-refractivity contribution in [3.63, 3.8) is 0 Å². The average Bonchev–Trinajstić information content (AvgIpc) is 3.14. The smallest absolute Gasteiger partial charge is 0.0185 e. The molecule has 1 heterocycles. The Balaban J connectivity index is 1.64. The van der Waals surface area contributed by atoms with Gasteiger partial charge in [-0.05, 0) is 23.0 Å². The number of thiol groups is 1. The molecule has 0 nitrogen and oxygen atoms in total. The van der Waals surface area contributed by atoms with Crippen LogP contribution < -0.4 is 0 Å². The van der Waals surface area contributed by atoms with E-state index in [1.165, 1.54) is 121 Å². The molecular formula is C24H46S. The van der Waals surface area contributed by atoms with E-state index in [0.717, 1.165) is 0 Å². The van der Waals surface area contributed by atoms with Gasteiger partial charge in [0.1, 0.15) is 0 Å². The maximum absolute atomic E-state index is 2.41. The Hall–Kier alpha value is -0.170. The average molecular weight is 367 g/mol. The Morgan fingerprint density at radius 2 is 0.760 bits per heavy atom. The molecule has 1 aliphatic rings. The lowest BCUT2D eigenvalue weighted by molar-refractivity contribution is 0.526. The molecule has 0 N–H and O–H groups in total. The molecule has 0 bridgehead atoms. The van der Waals surface area contributed by atoms with E-state index in [0.29, 0.717) is 0 Å². The van der Waals surface area contributed by atoms with Crippen LogP contribution in [0.15, 0.2) is 23.0 Å². The van der Waals surface area contributed by atoms with E-state index in [9.17, 15) is 0 Å². The molecule has 0 aromatic carbocycles. The normalized spacial score (nSPS) is 14.7. The summed E-state index contributed by atoms with van der Waals surface area (Å²) in [5.74, 6) is 1.43. The summed E-state index contributed by atoms with van der Waals surface area (Å²) in [6.07, 6.45) is 30.9. The fraction of sp³-hybridized carbons (Fsp3) is 0.833. The minimum atomic E-state index is 0.149. The van der Waals surface area contributed by atoms with Crippen molar-refractivity contribution < 1.29 is 0 Å². The molecule has 148 valence electrons. The third kappa shape index (κ3) is 15.8. The molecule has 0 saturated heterocycles. The molecule has 0 radical (unpaired) electrons. The highest BCUT2D eigenvalue weighted by molar-refractivity contribution is 8.22. The van der Waals surface area contributed by atoms with E-state index in [4.69, 9.17) is 0 Å². The van der Waals surface area contributed by atoms with Crippen LogP contribution in [0.4, 0.5) is 0 Å². The summed E-state index contributed by atoms with van der Waals surface area (Å²) in [5.41, 5.74) is 0. The number of hydrogen-bond donors (Lipinski definition) is 1. The molecular weight excluding hydrogens is 320 g/mol. The van der Waals surface area contributed by atoms with Gasteiger partial charge in [0, 0.05) is 0 Å². The number of unbranched alkanes of at least 4 members (excludes halogenated alkanes) is 17. The second-order valence-electron chi connectivity index (χ2n) is 7.93. The molecule has 0 aromatic heterocycles. The van der Waals surface area contributed by atoms with Gasteiger partial charge >= 0.3 is 0 Å². The topological polar surface area (TPSA) is 0 Å².